The molecule has 3 aliphatic heterocycles. The van der Waals surface area contributed by atoms with Crippen molar-refractivity contribution >= 4 is 41.0 Å². The minimum atomic E-state index is -0.803. The maximum Gasteiger partial charge on any atom is 0.240 e. The van der Waals surface area contributed by atoms with E-state index in [0.717, 1.165) is 11.1 Å². The molecule has 2 saturated heterocycles. The van der Waals surface area contributed by atoms with E-state index in [1.54, 1.807) is 48.5 Å². The smallest absolute Gasteiger partial charge is 0.240 e. The topological polar surface area (TPSA) is 57.7 Å². The number of anilines is 1. The van der Waals surface area contributed by atoms with Crippen molar-refractivity contribution in [1.82, 2.24) is 4.90 Å². The molecule has 0 N–H and O–H groups in total. The molecule has 0 spiro atoms. The van der Waals surface area contributed by atoms with Crippen LogP contribution in [0.2, 0.25) is 5.02 Å². The summed E-state index contributed by atoms with van der Waals surface area (Å²) in [5, 5.41) is 0.325. The number of ketones is 1. The number of rotatable bonds is 3. The van der Waals surface area contributed by atoms with Gasteiger partial charge in [0, 0.05) is 11.8 Å². The van der Waals surface area contributed by atoms with Gasteiger partial charge in [-0.05, 0) is 29.3 Å². The maximum atomic E-state index is 13.8. The summed E-state index contributed by atoms with van der Waals surface area (Å²) in [4.78, 5) is 44.4. The van der Waals surface area contributed by atoms with E-state index in [2.05, 4.69) is 0 Å². The van der Waals surface area contributed by atoms with Crippen molar-refractivity contribution in [2.24, 2.45) is 11.8 Å². The second kappa shape index (κ2) is 7.42. The van der Waals surface area contributed by atoms with Crippen molar-refractivity contribution in [3.63, 3.8) is 0 Å². The van der Waals surface area contributed by atoms with Crippen LogP contribution in [0.3, 0.4) is 0 Å². The minimum absolute atomic E-state index is 0.167. The number of fused-ring (bicyclic) bond motifs is 5. The normalized spacial score (nSPS) is 25.1. The van der Waals surface area contributed by atoms with Gasteiger partial charge in [-0.15, -0.1) is 0 Å². The highest BCUT2D eigenvalue weighted by atomic mass is 35.5. The van der Waals surface area contributed by atoms with Crippen LogP contribution in [-0.4, -0.2) is 28.5 Å². The number of imide groups is 1. The van der Waals surface area contributed by atoms with Gasteiger partial charge in [0.15, 0.2) is 5.78 Å². The maximum absolute atomic E-state index is 13.8. The molecule has 6 rings (SSSR count). The van der Waals surface area contributed by atoms with E-state index < -0.39 is 23.9 Å². The van der Waals surface area contributed by atoms with Crippen LogP contribution in [-0.2, 0) is 9.59 Å². The van der Waals surface area contributed by atoms with Gasteiger partial charge in [-0.1, -0.05) is 78.3 Å². The molecular formula is C27H19ClN2O3. The Morgan fingerprint density at radius 1 is 0.788 bits per heavy atom. The van der Waals surface area contributed by atoms with Gasteiger partial charge < -0.3 is 4.90 Å². The molecule has 0 aliphatic carbocycles. The quantitative estimate of drug-likeness (QED) is 0.424. The first-order valence-corrected chi connectivity index (χ1v) is 11.2. The van der Waals surface area contributed by atoms with Crippen molar-refractivity contribution in [1.29, 1.82) is 0 Å². The van der Waals surface area contributed by atoms with Crippen LogP contribution in [0, 0.1) is 11.8 Å². The van der Waals surface area contributed by atoms with Crippen molar-refractivity contribution in [3.05, 3.63) is 107 Å². The number of hydrogen-bond acceptors (Lipinski definition) is 4. The number of amides is 2. The predicted molar refractivity (Wildman–Crippen MR) is 126 cm³/mol. The first-order chi connectivity index (χ1) is 16.1. The number of hydrogen-bond donors (Lipinski definition) is 0. The lowest BCUT2D eigenvalue weighted by atomic mass is 9.83. The summed E-state index contributed by atoms with van der Waals surface area (Å²) < 4.78 is 0. The van der Waals surface area contributed by atoms with Gasteiger partial charge in [-0.2, -0.15) is 0 Å². The summed E-state index contributed by atoms with van der Waals surface area (Å²) in [6, 6.07) is 22.4. The van der Waals surface area contributed by atoms with Gasteiger partial charge >= 0.3 is 0 Å². The highest BCUT2D eigenvalue weighted by molar-refractivity contribution is 6.36. The van der Waals surface area contributed by atoms with Crippen LogP contribution in [0.1, 0.15) is 27.5 Å². The Kier molecular flexibility index (Phi) is 4.49. The fourth-order valence-corrected chi connectivity index (χ4v) is 5.72. The van der Waals surface area contributed by atoms with Gasteiger partial charge in [0.2, 0.25) is 11.8 Å². The zero-order chi connectivity index (χ0) is 22.7. The van der Waals surface area contributed by atoms with Crippen molar-refractivity contribution < 1.29 is 14.4 Å². The molecule has 2 amide bonds. The van der Waals surface area contributed by atoms with E-state index in [1.807, 2.05) is 47.5 Å². The van der Waals surface area contributed by atoms with Crippen molar-refractivity contribution in [2.75, 3.05) is 4.90 Å². The summed E-state index contributed by atoms with van der Waals surface area (Å²) in [6.45, 7) is 0. The second-order valence-electron chi connectivity index (χ2n) is 8.53. The lowest BCUT2D eigenvalue weighted by molar-refractivity contribution is -0.123. The van der Waals surface area contributed by atoms with E-state index >= 15 is 0 Å². The van der Waals surface area contributed by atoms with Gasteiger partial charge in [0.25, 0.3) is 0 Å². The third-order valence-electron chi connectivity index (χ3n) is 6.88. The minimum Gasteiger partial charge on any atom is -0.358 e. The van der Waals surface area contributed by atoms with Crippen molar-refractivity contribution in [3.8, 4) is 0 Å². The lowest BCUT2D eigenvalue weighted by Gasteiger charge is -2.35. The monoisotopic (exact) mass is 454 g/mol. The third kappa shape index (κ3) is 2.82. The van der Waals surface area contributed by atoms with E-state index in [0.29, 0.717) is 16.3 Å². The molecule has 2 fully saturated rings. The molecule has 0 unspecified atom stereocenters. The van der Waals surface area contributed by atoms with Crippen LogP contribution < -0.4 is 4.90 Å². The summed E-state index contributed by atoms with van der Waals surface area (Å²) in [5.74, 6) is -2.35. The molecule has 4 atom stereocenters. The van der Waals surface area contributed by atoms with Crippen LogP contribution >= 0.6 is 11.6 Å². The molecule has 33 heavy (non-hydrogen) atoms. The Labute approximate surface area is 195 Å². The molecule has 6 heteroatoms. The van der Waals surface area contributed by atoms with E-state index in [-0.39, 0.29) is 17.6 Å². The average molecular weight is 455 g/mol. The molecule has 0 saturated carbocycles. The molecule has 5 nitrogen and oxygen atoms in total. The number of benzene rings is 3. The molecule has 0 aromatic heterocycles. The zero-order valence-electron chi connectivity index (χ0n) is 17.5. The van der Waals surface area contributed by atoms with E-state index in [9.17, 15) is 14.4 Å². The fourth-order valence-electron chi connectivity index (χ4n) is 5.50. The van der Waals surface area contributed by atoms with Gasteiger partial charge in [0.1, 0.15) is 6.04 Å². The van der Waals surface area contributed by atoms with Crippen molar-refractivity contribution in [2.45, 2.75) is 12.1 Å². The molecular weight excluding hydrogens is 436 g/mol. The highest BCUT2D eigenvalue weighted by Crippen LogP contribution is 2.54. The largest absolute Gasteiger partial charge is 0.358 e. The molecule has 3 aromatic carbocycles. The Bertz CT molecular complexity index is 1340. The molecule has 3 aromatic rings. The number of Topliss-reactive ketones (excluding diaryl/α,β-unsaturated/α-hetero) is 1. The van der Waals surface area contributed by atoms with Crippen LogP contribution in [0.25, 0.3) is 6.08 Å². The molecule has 3 aliphatic rings. The SMILES string of the molecule is O=C(c1ccccc1)[C@@H]1[C@@H]2C(=O)N(c3ccccc3Cl)C(=O)[C@H]2[C@@H]2c3ccccc3C=CN12. The standard InChI is InChI=1S/C27H19ClN2O3/c28-19-12-6-7-13-20(19)30-26(32)21-22(27(30)33)24(25(31)17-9-2-1-3-10-17)29-15-14-16-8-4-5-11-18(16)23(21)29/h1-15,21-24H/t21-,22-,23+,24+/m1/s1. The Balaban J connectivity index is 1.52. The van der Waals surface area contributed by atoms with Gasteiger partial charge in [-0.25, -0.2) is 4.90 Å². The molecule has 162 valence electrons. The number of nitrogens with zero attached hydrogens (tertiary/aromatic N) is 2. The second-order valence-corrected chi connectivity index (χ2v) is 8.93. The lowest BCUT2D eigenvalue weighted by Crippen LogP contribution is -2.44. The van der Waals surface area contributed by atoms with Crippen LogP contribution in [0.5, 0.6) is 0 Å². The number of para-hydroxylation sites is 1. The summed E-state index contributed by atoms with van der Waals surface area (Å²) in [5.41, 5.74) is 2.81. The van der Waals surface area contributed by atoms with E-state index in [4.69, 9.17) is 11.6 Å². The first-order valence-electron chi connectivity index (χ1n) is 10.8. The average Bonchev–Trinajstić information content (AvgIpc) is 3.32. The summed E-state index contributed by atoms with van der Waals surface area (Å²) in [7, 11) is 0. The molecule has 3 heterocycles. The predicted octanol–water partition coefficient (Wildman–Crippen LogP) is 4.74. The van der Waals surface area contributed by atoms with Gasteiger partial charge in [0.05, 0.1) is 28.6 Å². The van der Waals surface area contributed by atoms with Gasteiger partial charge in [-0.3, -0.25) is 14.4 Å². The summed E-state index contributed by atoms with van der Waals surface area (Å²) >= 11 is 6.37. The number of carbonyl (C=O) groups is 3. The zero-order valence-corrected chi connectivity index (χ0v) is 18.2. The first kappa shape index (κ1) is 19.9. The number of carbonyl (C=O) groups excluding carboxylic acids is 3. The molecule has 0 radical (unpaired) electrons. The summed E-state index contributed by atoms with van der Waals surface area (Å²) in [6.07, 6.45) is 3.80. The van der Waals surface area contributed by atoms with Crippen LogP contribution in [0.15, 0.2) is 85.1 Å². The molecule has 0 bridgehead atoms. The van der Waals surface area contributed by atoms with Crippen LogP contribution in [0.4, 0.5) is 5.69 Å². The Hall–Kier alpha value is -3.70. The fraction of sp³-hybridized carbons (Fsp3) is 0.148. The third-order valence-corrected chi connectivity index (χ3v) is 7.20. The number of halogens is 1. The highest BCUT2D eigenvalue weighted by Gasteiger charge is 2.64. The Morgan fingerprint density at radius 2 is 1.45 bits per heavy atom. The van der Waals surface area contributed by atoms with E-state index in [1.165, 1.54) is 4.90 Å². The Morgan fingerprint density at radius 3 is 2.24 bits per heavy atom.